The molecule has 1 aromatic carbocycles. The van der Waals surface area contributed by atoms with E-state index < -0.39 is 5.91 Å². The van der Waals surface area contributed by atoms with Gasteiger partial charge in [0.15, 0.2) is 0 Å². The fraction of sp³-hybridized carbons (Fsp3) is 0.200. The Hall–Kier alpha value is -3.09. The molecule has 3 aromatic rings. The lowest BCUT2D eigenvalue weighted by molar-refractivity contribution is -0.112. The lowest BCUT2D eigenvalue weighted by Gasteiger charge is -2.09. The second-order valence-corrected chi connectivity index (χ2v) is 7.65. The maximum atomic E-state index is 12.5. The van der Waals surface area contributed by atoms with E-state index in [4.69, 9.17) is 4.74 Å². The number of rotatable bonds is 8. The van der Waals surface area contributed by atoms with Gasteiger partial charge in [0, 0.05) is 29.1 Å². The summed E-state index contributed by atoms with van der Waals surface area (Å²) in [6, 6.07) is 13.3. The molecule has 29 heavy (non-hydrogen) atoms. The van der Waals surface area contributed by atoms with E-state index in [-0.39, 0.29) is 5.57 Å². The summed E-state index contributed by atoms with van der Waals surface area (Å²) in [7, 11) is 0. The van der Waals surface area contributed by atoms with Gasteiger partial charge in [0.2, 0.25) is 10.3 Å². The Labute approximate surface area is 177 Å². The van der Waals surface area contributed by atoms with Crippen molar-refractivity contribution < 1.29 is 9.53 Å². The summed E-state index contributed by atoms with van der Waals surface area (Å²) in [5, 5.41) is 13.1. The third kappa shape index (κ3) is 5.25. The quantitative estimate of drug-likeness (QED) is 0.327. The summed E-state index contributed by atoms with van der Waals surface area (Å²) in [5.41, 5.74) is 1.59. The number of anilines is 1. The average molecular weight is 426 g/mol. The summed E-state index contributed by atoms with van der Waals surface area (Å²) in [6.07, 6.45) is 3.42. The topological polar surface area (TPSA) is 92.8 Å². The van der Waals surface area contributed by atoms with Crippen LogP contribution in [0.1, 0.15) is 19.5 Å². The van der Waals surface area contributed by atoms with Crippen LogP contribution < -0.4 is 10.1 Å². The first kappa shape index (κ1) is 20.6. The number of thioether (sulfide) groups is 1. The number of ether oxygens (including phenoxy) is 1. The summed E-state index contributed by atoms with van der Waals surface area (Å²) in [5.74, 6) is 1.11. The molecule has 9 heteroatoms. The van der Waals surface area contributed by atoms with Crippen molar-refractivity contribution in [2.24, 2.45) is 0 Å². The molecule has 1 amide bonds. The maximum absolute atomic E-state index is 12.5. The van der Waals surface area contributed by atoms with Gasteiger partial charge >= 0.3 is 0 Å². The Morgan fingerprint density at radius 2 is 2.14 bits per heavy atom. The number of nitriles is 1. The van der Waals surface area contributed by atoms with Crippen molar-refractivity contribution in [3.63, 3.8) is 0 Å². The van der Waals surface area contributed by atoms with E-state index in [0.717, 1.165) is 28.7 Å². The first-order chi connectivity index (χ1) is 14.1. The molecule has 0 unspecified atom stereocenters. The SMILES string of the molecule is CCOc1ccc(-n2cccc2/C=C(/C#N)C(=O)Nc2nc(SCC)ns2)cc1. The number of carbonyl (C=O) groups excluding carboxylic acids is 1. The van der Waals surface area contributed by atoms with Gasteiger partial charge in [0.25, 0.3) is 5.91 Å². The van der Waals surface area contributed by atoms with Crippen LogP contribution in [0.2, 0.25) is 0 Å². The van der Waals surface area contributed by atoms with Gasteiger partial charge in [-0.2, -0.15) is 14.6 Å². The van der Waals surface area contributed by atoms with Crippen LogP contribution in [0.15, 0.2) is 53.3 Å². The molecular weight excluding hydrogens is 406 g/mol. The van der Waals surface area contributed by atoms with Gasteiger partial charge in [-0.3, -0.25) is 10.1 Å². The van der Waals surface area contributed by atoms with E-state index in [2.05, 4.69) is 14.7 Å². The maximum Gasteiger partial charge on any atom is 0.268 e. The molecule has 148 valence electrons. The van der Waals surface area contributed by atoms with Crippen LogP contribution in [0.25, 0.3) is 11.8 Å². The minimum atomic E-state index is -0.517. The van der Waals surface area contributed by atoms with Crippen molar-refractivity contribution in [2.75, 3.05) is 17.7 Å². The van der Waals surface area contributed by atoms with Crippen molar-refractivity contribution in [3.05, 3.63) is 53.9 Å². The summed E-state index contributed by atoms with van der Waals surface area (Å²) < 4.78 is 11.5. The van der Waals surface area contributed by atoms with Gasteiger partial charge in [0.1, 0.15) is 17.4 Å². The Bertz CT molecular complexity index is 1050. The van der Waals surface area contributed by atoms with Gasteiger partial charge in [-0.15, -0.1) is 0 Å². The number of nitrogens with zero attached hydrogens (tertiary/aromatic N) is 4. The van der Waals surface area contributed by atoms with E-state index in [0.29, 0.717) is 22.6 Å². The van der Waals surface area contributed by atoms with Crippen LogP contribution in [0, 0.1) is 11.3 Å². The number of carbonyl (C=O) groups is 1. The standard InChI is InChI=1S/C20H19N5O2S2/c1-3-27-17-9-7-15(8-10-17)25-11-5-6-16(25)12-14(13-21)18(26)22-19-23-20(24-29-19)28-4-2/h5-12H,3-4H2,1-2H3,(H,22,23,24,26)/b14-12-. The second-order valence-electron chi connectivity index (χ2n) is 5.67. The Morgan fingerprint density at radius 3 is 2.83 bits per heavy atom. The largest absolute Gasteiger partial charge is 0.494 e. The highest BCUT2D eigenvalue weighted by atomic mass is 32.2. The van der Waals surface area contributed by atoms with Crippen molar-refractivity contribution in [1.29, 1.82) is 5.26 Å². The summed E-state index contributed by atoms with van der Waals surface area (Å²) in [6.45, 7) is 4.53. The zero-order valence-electron chi connectivity index (χ0n) is 16.0. The van der Waals surface area contributed by atoms with Gasteiger partial charge < -0.3 is 9.30 Å². The molecule has 0 aliphatic heterocycles. The molecule has 3 rings (SSSR count). The lowest BCUT2D eigenvalue weighted by Crippen LogP contribution is -2.13. The molecule has 1 N–H and O–H groups in total. The van der Waals surface area contributed by atoms with Crippen LogP contribution in [-0.2, 0) is 4.79 Å². The van der Waals surface area contributed by atoms with E-state index in [1.807, 2.05) is 67.1 Å². The molecule has 7 nitrogen and oxygen atoms in total. The van der Waals surface area contributed by atoms with E-state index in [1.54, 1.807) is 6.08 Å². The number of benzene rings is 1. The number of hydrogen-bond donors (Lipinski definition) is 1. The van der Waals surface area contributed by atoms with Crippen LogP contribution in [-0.4, -0.2) is 32.2 Å². The number of hydrogen-bond acceptors (Lipinski definition) is 7. The Kier molecular flexibility index (Phi) is 7.05. The van der Waals surface area contributed by atoms with Gasteiger partial charge in [0.05, 0.1) is 6.61 Å². The normalized spacial score (nSPS) is 11.1. The third-order valence-electron chi connectivity index (χ3n) is 3.76. The molecule has 0 aliphatic rings. The third-order valence-corrected chi connectivity index (χ3v) is 5.24. The van der Waals surface area contributed by atoms with Crippen molar-refractivity contribution in [3.8, 4) is 17.5 Å². The van der Waals surface area contributed by atoms with Gasteiger partial charge in [-0.1, -0.05) is 18.7 Å². The number of amides is 1. The minimum Gasteiger partial charge on any atom is -0.494 e. The van der Waals surface area contributed by atoms with Crippen LogP contribution in [0.3, 0.4) is 0 Å². The monoisotopic (exact) mass is 425 g/mol. The zero-order chi connectivity index (χ0) is 20.6. The van der Waals surface area contributed by atoms with E-state index >= 15 is 0 Å². The molecule has 0 bridgehead atoms. The minimum absolute atomic E-state index is 0.0178. The molecule has 0 saturated heterocycles. The molecule has 0 spiro atoms. The Morgan fingerprint density at radius 1 is 1.34 bits per heavy atom. The van der Waals surface area contributed by atoms with Crippen LogP contribution in [0.5, 0.6) is 5.75 Å². The number of nitrogens with one attached hydrogen (secondary N) is 1. The van der Waals surface area contributed by atoms with Crippen LogP contribution in [0.4, 0.5) is 5.13 Å². The van der Waals surface area contributed by atoms with Crippen LogP contribution >= 0.6 is 23.3 Å². The van der Waals surface area contributed by atoms with E-state index in [1.165, 1.54) is 11.8 Å². The van der Waals surface area contributed by atoms with Gasteiger partial charge in [-0.25, -0.2) is 0 Å². The zero-order valence-corrected chi connectivity index (χ0v) is 17.6. The van der Waals surface area contributed by atoms with E-state index in [9.17, 15) is 10.1 Å². The first-order valence-electron chi connectivity index (χ1n) is 8.94. The fourth-order valence-corrected chi connectivity index (χ4v) is 3.79. The van der Waals surface area contributed by atoms with Crippen molar-refractivity contribution in [2.45, 2.75) is 19.0 Å². The smallest absolute Gasteiger partial charge is 0.268 e. The fourth-order valence-electron chi connectivity index (χ4n) is 2.53. The molecule has 2 aromatic heterocycles. The molecule has 0 aliphatic carbocycles. The molecule has 0 fully saturated rings. The molecule has 0 saturated carbocycles. The van der Waals surface area contributed by atoms with Crippen molar-refractivity contribution in [1.82, 2.24) is 13.9 Å². The van der Waals surface area contributed by atoms with Gasteiger partial charge in [-0.05, 0) is 55.2 Å². The Balaban J connectivity index is 1.79. The first-order valence-corrected chi connectivity index (χ1v) is 10.7. The second kappa shape index (κ2) is 9.91. The predicted octanol–water partition coefficient (Wildman–Crippen LogP) is 4.39. The highest BCUT2D eigenvalue weighted by Crippen LogP contribution is 2.22. The summed E-state index contributed by atoms with van der Waals surface area (Å²) >= 11 is 2.58. The number of aromatic nitrogens is 3. The molecular formula is C20H19N5O2S2. The molecule has 0 radical (unpaired) electrons. The predicted molar refractivity (Wildman–Crippen MR) is 115 cm³/mol. The van der Waals surface area contributed by atoms with Crippen molar-refractivity contribution >= 4 is 40.4 Å². The lowest BCUT2D eigenvalue weighted by atomic mass is 10.2. The summed E-state index contributed by atoms with van der Waals surface area (Å²) in [4.78, 5) is 16.7. The average Bonchev–Trinajstić information content (AvgIpc) is 3.36. The highest BCUT2D eigenvalue weighted by molar-refractivity contribution is 7.99. The highest BCUT2D eigenvalue weighted by Gasteiger charge is 2.14. The molecule has 0 atom stereocenters. The molecule has 2 heterocycles.